The van der Waals surface area contributed by atoms with Crippen LogP contribution < -0.4 is 14.8 Å². The Morgan fingerprint density at radius 3 is 2.66 bits per heavy atom. The minimum absolute atomic E-state index is 0.0544. The van der Waals surface area contributed by atoms with E-state index in [1.807, 2.05) is 84.9 Å². The van der Waals surface area contributed by atoms with Crippen molar-refractivity contribution >= 4 is 50.9 Å². The summed E-state index contributed by atoms with van der Waals surface area (Å²) in [6.45, 7) is 0.352. The molecule has 1 aliphatic heterocycles. The van der Waals surface area contributed by atoms with E-state index >= 15 is 0 Å². The largest absolute Gasteiger partial charge is 0.496 e. The standard InChI is InChI=1S/C29H22BrNO3S/c1-33-27-13-10-19(15-21(27)18-34-23-6-4-5-22(30)17-23)9-12-26(32)20-11-14-29-25(16-20)31-24-7-2-3-8-28(24)35-29/h2-17,31H,18H2,1H3/b12-9+. The lowest BCUT2D eigenvalue weighted by Gasteiger charge is -2.20. The highest BCUT2D eigenvalue weighted by molar-refractivity contribution is 9.10. The van der Waals surface area contributed by atoms with Crippen LogP contribution in [-0.2, 0) is 6.61 Å². The Morgan fingerprint density at radius 2 is 1.80 bits per heavy atom. The SMILES string of the molecule is COc1ccc(/C=C/C(=O)c2ccc3c(c2)Nc2ccccc2S3)cc1COc1cccc(Br)c1. The van der Waals surface area contributed by atoms with Crippen LogP contribution in [0.25, 0.3) is 6.08 Å². The second-order valence-electron chi connectivity index (χ2n) is 7.95. The Bertz CT molecular complexity index is 1430. The molecular formula is C29H22BrNO3S. The predicted octanol–water partition coefficient (Wildman–Crippen LogP) is 8.14. The molecule has 0 aromatic heterocycles. The summed E-state index contributed by atoms with van der Waals surface area (Å²) in [6.07, 6.45) is 3.42. The van der Waals surface area contributed by atoms with Gasteiger partial charge in [0.2, 0.25) is 0 Å². The van der Waals surface area contributed by atoms with E-state index in [1.54, 1.807) is 24.9 Å². The van der Waals surface area contributed by atoms with Crippen LogP contribution in [-0.4, -0.2) is 12.9 Å². The van der Waals surface area contributed by atoms with Gasteiger partial charge in [-0.05, 0) is 72.3 Å². The van der Waals surface area contributed by atoms with Gasteiger partial charge in [0.15, 0.2) is 5.78 Å². The van der Waals surface area contributed by atoms with Crippen molar-refractivity contribution in [3.8, 4) is 11.5 Å². The number of fused-ring (bicyclic) bond motifs is 2. The molecule has 1 aliphatic rings. The summed E-state index contributed by atoms with van der Waals surface area (Å²) in [5, 5.41) is 3.43. The molecule has 0 amide bonds. The van der Waals surface area contributed by atoms with E-state index in [2.05, 4.69) is 27.3 Å². The Labute approximate surface area is 217 Å². The molecule has 0 saturated heterocycles. The summed E-state index contributed by atoms with van der Waals surface area (Å²) >= 11 is 5.16. The van der Waals surface area contributed by atoms with Gasteiger partial charge in [0.25, 0.3) is 0 Å². The average Bonchev–Trinajstić information content (AvgIpc) is 2.89. The maximum Gasteiger partial charge on any atom is 0.185 e. The van der Waals surface area contributed by atoms with Gasteiger partial charge in [0, 0.05) is 25.4 Å². The third-order valence-electron chi connectivity index (χ3n) is 5.56. The summed E-state index contributed by atoms with van der Waals surface area (Å²) in [5.74, 6) is 1.45. The number of rotatable bonds is 7. The molecule has 35 heavy (non-hydrogen) atoms. The molecule has 0 radical (unpaired) electrons. The molecule has 4 aromatic rings. The fraction of sp³-hybridized carbons (Fsp3) is 0.0690. The molecule has 1 heterocycles. The van der Waals surface area contributed by atoms with Gasteiger partial charge in [-0.3, -0.25) is 4.79 Å². The number of halogens is 1. The lowest BCUT2D eigenvalue weighted by atomic mass is 10.1. The van der Waals surface area contributed by atoms with Crippen molar-refractivity contribution in [1.29, 1.82) is 0 Å². The topological polar surface area (TPSA) is 47.6 Å². The third-order valence-corrected chi connectivity index (χ3v) is 7.21. The number of benzene rings is 4. The minimum atomic E-state index is -0.0544. The average molecular weight is 544 g/mol. The van der Waals surface area contributed by atoms with Crippen molar-refractivity contribution in [2.45, 2.75) is 16.4 Å². The van der Waals surface area contributed by atoms with Crippen LogP contribution in [0.5, 0.6) is 11.5 Å². The zero-order chi connectivity index (χ0) is 24.2. The van der Waals surface area contributed by atoms with Gasteiger partial charge in [-0.25, -0.2) is 0 Å². The first kappa shape index (κ1) is 23.3. The van der Waals surface area contributed by atoms with Crippen LogP contribution in [0.4, 0.5) is 11.4 Å². The molecule has 4 aromatic carbocycles. The molecule has 5 rings (SSSR count). The normalized spacial score (nSPS) is 11.9. The van der Waals surface area contributed by atoms with E-state index in [0.717, 1.165) is 43.4 Å². The molecule has 0 aliphatic carbocycles. The lowest BCUT2D eigenvalue weighted by Crippen LogP contribution is -2.02. The van der Waals surface area contributed by atoms with Crippen LogP contribution in [0.2, 0.25) is 0 Å². The van der Waals surface area contributed by atoms with Gasteiger partial charge < -0.3 is 14.8 Å². The summed E-state index contributed by atoms with van der Waals surface area (Å²) in [5.41, 5.74) is 4.44. The number of anilines is 2. The number of ether oxygens (including phenoxy) is 2. The monoisotopic (exact) mass is 543 g/mol. The molecule has 0 atom stereocenters. The van der Waals surface area contributed by atoms with Crippen LogP contribution in [0.15, 0.2) is 105 Å². The Balaban J connectivity index is 1.30. The fourth-order valence-electron chi connectivity index (χ4n) is 3.79. The van der Waals surface area contributed by atoms with E-state index in [4.69, 9.17) is 9.47 Å². The molecule has 6 heteroatoms. The predicted molar refractivity (Wildman–Crippen MR) is 145 cm³/mol. The van der Waals surface area contributed by atoms with Gasteiger partial charge in [0.1, 0.15) is 18.1 Å². The van der Waals surface area contributed by atoms with E-state index in [1.165, 1.54) is 4.90 Å². The highest BCUT2D eigenvalue weighted by Crippen LogP contribution is 2.44. The van der Waals surface area contributed by atoms with Crippen LogP contribution in [0, 0.1) is 0 Å². The van der Waals surface area contributed by atoms with E-state index < -0.39 is 0 Å². The second-order valence-corrected chi connectivity index (χ2v) is 9.95. The quantitative estimate of drug-likeness (QED) is 0.166. The molecule has 4 nitrogen and oxygen atoms in total. The molecule has 0 bridgehead atoms. The maximum atomic E-state index is 12.9. The van der Waals surface area contributed by atoms with Crippen LogP contribution in [0.1, 0.15) is 21.5 Å². The summed E-state index contributed by atoms with van der Waals surface area (Å²) < 4.78 is 12.4. The van der Waals surface area contributed by atoms with Gasteiger partial charge in [-0.1, -0.05) is 58.0 Å². The van der Waals surface area contributed by atoms with Crippen molar-refractivity contribution in [2.24, 2.45) is 0 Å². The molecule has 0 unspecified atom stereocenters. The Kier molecular flexibility index (Phi) is 6.93. The fourth-order valence-corrected chi connectivity index (χ4v) is 5.14. The smallest absolute Gasteiger partial charge is 0.185 e. The number of ketones is 1. The number of carbonyl (C=O) groups excluding carboxylic acids is 1. The van der Waals surface area contributed by atoms with Crippen molar-refractivity contribution in [2.75, 3.05) is 12.4 Å². The minimum Gasteiger partial charge on any atom is -0.496 e. The number of hydrogen-bond acceptors (Lipinski definition) is 5. The molecule has 1 N–H and O–H groups in total. The Hall–Kier alpha value is -3.48. The molecule has 0 saturated carbocycles. The highest BCUT2D eigenvalue weighted by Gasteiger charge is 2.16. The number of allylic oxidation sites excluding steroid dienone is 1. The number of carbonyl (C=O) groups is 1. The first-order chi connectivity index (χ1) is 17.1. The maximum absolute atomic E-state index is 12.9. The van der Waals surface area contributed by atoms with Gasteiger partial charge in [0.05, 0.1) is 18.5 Å². The Morgan fingerprint density at radius 1 is 0.943 bits per heavy atom. The van der Waals surface area contributed by atoms with Crippen molar-refractivity contribution in [3.63, 3.8) is 0 Å². The molecule has 174 valence electrons. The van der Waals surface area contributed by atoms with E-state index in [9.17, 15) is 4.79 Å². The van der Waals surface area contributed by atoms with Gasteiger partial charge in [-0.2, -0.15) is 0 Å². The molecule has 0 spiro atoms. The summed E-state index contributed by atoms with van der Waals surface area (Å²) in [7, 11) is 1.64. The molecular weight excluding hydrogens is 522 g/mol. The van der Waals surface area contributed by atoms with E-state index in [-0.39, 0.29) is 5.78 Å². The second kappa shape index (κ2) is 10.4. The number of methoxy groups -OCH3 is 1. The lowest BCUT2D eigenvalue weighted by molar-refractivity contribution is 0.104. The first-order valence-electron chi connectivity index (χ1n) is 11.0. The summed E-state index contributed by atoms with van der Waals surface area (Å²) in [6, 6.07) is 27.4. The van der Waals surface area contributed by atoms with Crippen molar-refractivity contribution in [1.82, 2.24) is 0 Å². The zero-order valence-electron chi connectivity index (χ0n) is 19.0. The number of para-hydroxylation sites is 1. The van der Waals surface area contributed by atoms with Crippen LogP contribution in [0.3, 0.4) is 0 Å². The zero-order valence-corrected chi connectivity index (χ0v) is 21.4. The highest BCUT2D eigenvalue weighted by atomic mass is 79.9. The van der Waals surface area contributed by atoms with Gasteiger partial charge in [-0.15, -0.1) is 0 Å². The van der Waals surface area contributed by atoms with Crippen molar-refractivity contribution < 1.29 is 14.3 Å². The number of nitrogens with one attached hydrogen (secondary N) is 1. The number of hydrogen-bond donors (Lipinski definition) is 1. The van der Waals surface area contributed by atoms with Crippen LogP contribution >= 0.6 is 27.7 Å². The first-order valence-corrected chi connectivity index (χ1v) is 12.7. The van der Waals surface area contributed by atoms with E-state index in [0.29, 0.717) is 12.2 Å². The summed E-state index contributed by atoms with van der Waals surface area (Å²) in [4.78, 5) is 15.2. The molecule has 0 fully saturated rings. The third kappa shape index (κ3) is 5.45. The van der Waals surface area contributed by atoms with Crippen molar-refractivity contribution in [3.05, 3.63) is 112 Å². The van der Waals surface area contributed by atoms with Gasteiger partial charge >= 0.3 is 0 Å².